The number of carbonyl (C=O) groups is 1. The Kier molecular flexibility index (Phi) is 7.98. The van der Waals surface area contributed by atoms with Gasteiger partial charge in [0.1, 0.15) is 12.8 Å². The third kappa shape index (κ3) is 5.86. The Balaban J connectivity index is 1.69. The Morgan fingerprint density at radius 2 is 1.94 bits per heavy atom. The molecule has 0 spiro atoms. The number of anilines is 1. The van der Waals surface area contributed by atoms with Gasteiger partial charge in [-0.3, -0.25) is 19.5 Å². The van der Waals surface area contributed by atoms with Crippen molar-refractivity contribution in [2.24, 2.45) is 16.6 Å². The molecule has 0 fully saturated rings. The number of guanidine groups is 1. The minimum Gasteiger partial charge on any atom is -0.392 e. The van der Waals surface area contributed by atoms with Crippen molar-refractivity contribution in [3.05, 3.63) is 69.8 Å². The monoisotopic (exact) mass is 451 g/mol. The van der Waals surface area contributed by atoms with Crippen LogP contribution in [0.2, 0.25) is 0 Å². The zero-order valence-electron chi connectivity index (χ0n) is 18.7. The quantitative estimate of drug-likeness (QED) is 0.112. The number of nitrogens with one attached hydrogen (secondary N) is 2. The van der Waals surface area contributed by atoms with Gasteiger partial charge in [0.15, 0.2) is 12.1 Å². The lowest BCUT2D eigenvalue weighted by Gasteiger charge is -2.19. The van der Waals surface area contributed by atoms with Crippen molar-refractivity contribution in [2.75, 3.05) is 25.0 Å². The second-order valence-corrected chi connectivity index (χ2v) is 7.57. The van der Waals surface area contributed by atoms with Crippen LogP contribution in [-0.2, 0) is 16.1 Å². The lowest BCUT2D eigenvalue weighted by Crippen LogP contribution is -2.39. The smallest absolute Gasteiger partial charge is 0.295 e. The fourth-order valence-electron chi connectivity index (χ4n) is 3.64. The Labute approximate surface area is 191 Å². The van der Waals surface area contributed by atoms with E-state index in [0.717, 1.165) is 0 Å². The number of hydrogen-bond donors (Lipinski definition) is 4. The van der Waals surface area contributed by atoms with Crippen LogP contribution in [-0.4, -0.2) is 41.5 Å². The highest BCUT2D eigenvalue weighted by molar-refractivity contribution is 5.88. The molecule has 6 N–H and O–H groups in total. The summed E-state index contributed by atoms with van der Waals surface area (Å²) in [5.41, 5.74) is 12.9. The van der Waals surface area contributed by atoms with Gasteiger partial charge < -0.3 is 21.6 Å². The van der Waals surface area contributed by atoms with Gasteiger partial charge in [-0.15, -0.1) is 0 Å². The summed E-state index contributed by atoms with van der Waals surface area (Å²) in [6.07, 6.45) is 2.04. The number of nitrogens with zero attached hydrogens (tertiary/aromatic N) is 3. The molecule has 0 aliphatic rings. The summed E-state index contributed by atoms with van der Waals surface area (Å²) in [6, 6.07) is 12.5. The summed E-state index contributed by atoms with van der Waals surface area (Å²) in [5.74, 6) is -0.0140. The molecule has 1 atom stereocenters. The molecule has 0 saturated heterocycles. The minimum atomic E-state index is -0.884. The first-order valence-electron chi connectivity index (χ1n) is 10.6. The first-order chi connectivity index (χ1) is 15.9. The van der Waals surface area contributed by atoms with E-state index in [-0.39, 0.29) is 24.9 Å². The second-order valence-electron chi connectivity index (χ2n) is 7.57. The maximum Gasteiger partial charge on any atom is 0.295 e. The molecule has 0 bridgehead atoms. The Morgan fingerprint density at radius 3 is 2.67 bits per heavy atom. The molecule has 0 saturated carbocycles. The van der Waals surface area contributed by atoms with Crippen LogP contribution in [0.25, 0.3) is 10.8 Å². The SMILES string of the molecule is Cc1ccc(CCNc2ncc(C)n(C(C=O)NCCON=C(N)N)c2=O)c2ccccc12. The molecule has 0 radical (unpaired) electrons. The summed E-state index contributed by atoms with van der Waals surface area (Å²) in [4.78, 5) is 33.8. The third-order valence-corrected chi connectivity index (χ3v) is 5.22. The van der Waals surface area contributed by atoms with E-state index >= 15 is 0 Å². The van der Waals surface area contributed by atoms with Crippen LogP contribution in [0.1, 0.15) is 23.0 Å². The summed E-state index contributed by atoms with van der Waals surface area (Å²) in [5, 5.41) is 11.9. The first-order valence-corrected chi connectivity index (χ1v) is 10.6. The van der Waals surface area contributed by atoms with Gasteiger partial charge in [0.05, 0.1) is 0 Å². The highest BCUT2D eigenvalue weighted by Gasteiger charge is 2.16. The summed E-state index contributed by atoms with van der Waals surface area (Å²) in [6.45, 7) is 4.69. The summed E-state index contributed by atoms with van der Waals surface area (Å²) < 4.78 is 1.35. The zero-order chi connectivity index (χ0) is 23.8. The predicted molar refractivity (Wildman–Crippen MR) is 129 cm³/mol. The van der Waals surface area contributed by atoms with Crippen molar-refractivity contribution >= 4 is 28.8 Å². The fraction of sp³-hybridized carbons (Fsp3) is 0.304. The molecule has 0 aliphatic heterocycles. The van der Waals surface area contributed by atoms with Crippen molar-refractivity contribution in [3.63, 3.8) is 0 Å². The van der Waals surface area contributed by atoms with Gasteiger partial charge in [-0.1, -0.05) is 36.4 Å². The molecular formula is C23H29N7O3. The maximum absolute atomic E-state index is 13.0. The van der Waals surface area contributed by atoms with E-state index in [4.69, 9.17) is 16.3 Å². The van der Waals surface area contributed by atoms with E-state index in [1.165, 1.54) is 26.5 Å². The van der Waals surface area contributed by atoms with Crippen molar-refractivity contribution in [1.29, 1.82) is 0 Å². The maximum atomic E-state index is 13.0. The summed E-state index contributed by atoms with van der Waals surface area (Å²) >= 11 is 0. The van der Waals surface area contributed by atoms with E-state index in [9.17, 15) is 9.59 Å². The molecule has 0 aliphatic carbocycles. The number of aldehydes is 1. The average molecular weight is 452 g/mol. The van der Waals surface area contributed by atoms with Crippen LogP contribution in [0.5, 0.6) is 0 Å². The Morgan fingerprint density at radius 1 is 1.18 bits per heavy atom. The molecule has 1 heterocycles. The van der Waals surface area contributed by atoms with E-state index in [2.05, 4.69) is 52.0 Å². The molecule has 1 unspecified atom stereocenters. The lowest BCUT2D eigenvalue weighted by atomic mass is 9.98. The van der Waals surface area contributed by atoms with E-state index in [1.807, 2.05) is 12.1 Å². The lowest BCUT2D eigenvalue weighted by molar-refractivity contribution is -0.111. The molecule has 3 rings (SSSR count). The van der Waals surface area contributed by atoms with E-state index in [1.54, 1.807) is 13.1 Å². The first kappa shape index (κ1) is 23.7. The number of aryl methyl sites for hydroxylation is 2. The van der Waals surface area contributed by atoms with E-state index in [0.29, 0.717) is 24.9 Å². The normalized spacial score (nSPS) is 11.7. The Hall–Kier alpha value is -3.92. The number of nitrogens with two attached hydrogens (primary N) is 2. The zero-order valence-corrected chi connectivity index (χ0v) is 18.7. The van der Waals surface area contributed by atoms with Crippen LogP contribution in [0.3, 0.4) is 0 Å². The van der Waals surface area contributed by atoms with Crippen LogP contribution >= 0.6 is 0 Å². The van der Waals surface area contributed by atoms with Gasteiger partial charge in [0.2, 0.25) is 5.96 Å². The van der Waals surface area contributed by atoms with Gasteiger partial charge in [0, 0.05) is 25.0 Å². The van der Waals surface area contributed by atoms with Crippen molar-refractivity contribution in [1.82, 2.24) is 14.9 Å². The van der Waals surface area contributed by atoms with Gasteiger partial charge in [-0.2, -0.15) is 0 Å². The highest BCUT2D eigenvalue weighted by Crippen LogP contribution is 2.22. The Bertz CT molecular complexity index is 1200. The molecule has 1 aromatic heterocycles. The van der Waals surface area contributed by atoms with Gasteiger partial charge >= 0.3 is 0 Å². The number of carbonyl (C=O) groups excluding carboxylic acids is 1. The number of oxime groups is 1. The number of hydrogen-bond acceptors (Lipinski definition) is 7. The number of aromatic nitrogens is 2. The van der Waals surface area contributed by atoms with E-state index < -0.39 is 11.7 Å². The van der Waals surface area contributed by atoms with Crippen LogP contribution in [0.15, 0.2) is 52.5 Å². The fourth-order valence-corrected chi connectivity index (χ4v) is 3.64. The largest absolute Gasteiger partial charge is 0.392 e. The molecule has 33 heavy (non-hydrogen) atoms. The third-order valence-electron chi connectivity index (χ3n) is 5.22. The van der Waals surface area contributed by atoms with Crippen LogP contribution in [0.4, 0.5) is 5.82 Å². The van der Waals surface area contributed by atoms with Crippen LogP contribution < -0.4 is 27.7 Å². The van der Waals surface area contributed by atoms with Crippen molar-refractivity contribution in [2.45, 2.75) is 26.4 Å². The standard InChI is InChI=1S/C23H29N7O3/c1-15-7-8-17(19-6-4-3-5-18(15)19)9-10-27-21-22(32)30(16(2)13-28-21)20(14-31)26-11-12-33-29-23(24)25/h3-8,13-14,20,26H,9-12H2,1-2H3,(H,27,28)(H4,24,25,29). The molecule has 0 amide bonds. The van der Waals surface area contributed by atoms with Gasteiger partial charge in [-0.05, 0) is 47.3 Å². The number of benzene rings is 2. The van der Waals surface area contributed by atoms with Gasteiger partial charge in [0.25, 0.3) is 5.56 Å². The van der Waals surface area contributed by atoms with Gasteiger partial charge in [-0.25, -0.2) is 4.98 Å². The molecule has 2 aromatic carbocycles. The van der Waals surface area contributed by atoms with Crippen molar-refractivity contribution < 1.29 is 9.63 Å². The van der Waals surface area contributed by atoms with Crippen molar-refractivity contribution in [3.8, 4) is 0 Å². The number of fused-ring (bicyclic) bond motifs is 1. The molecular weight excluding hydrogens is 422 g/mol. The molecule has 3 aromatic rings. The molecule has 10 nitrogen and oxygen atoms in total. The highest BCUT2D eigenvalue weighted by atomic mass is 16.6. The molecule has 174 valence electrons. The average Bonchev–Trinajstić information content (AvgIpc) is 2.80. The second kappa shape index (κ2) is 11.1. The summed E-state index contributed by atoms with van der Waals surface area (Å²) in [7, 11) is 0. The topological polar surface area (TPSA) is 150 Å². The van der Waals surface area contributed by atoms with Crippen LogP contribution in [0, 0.1) is 13.8 Å². The minimum absolute atomic E-state index is 0.122. The predicted octanol–water partition coefficient (Wildman–Crippen LogP) is 1.16. The number of rotatable bonds is 11. The molecule has 10 heteroatoms.